The van der Waals surface area contributed by atoms with E-state index in [4.69, 9.17) is 0 Å². The fourth-order valence-corrected chi connectivity index (χ4v) is 1.62. The van der Waals surface area contributed by atoms with Gasteiger partial charge in [0.15, 0.2) is 0 Å². The summed E-state index contributed by atoms with van der Waals surface area (Å²) in [5.74, 6) is 1.10. The van der Waals surface area contributed by atoms with Gasteiger partial charge < -0.3 is 10.2 Å². The van der Waals surface area contributed by atoms with E-state index < -0.39 is 4.92 Å². The highest BCUT2D eigenvalue weighted by Gasteiger charge is 2.19. The van der Waals surface area contributed by atoms with E-state index in [0.717, 1.165) is 6.54 Å². The molecule has 1 heterocycles. The number of hydrogen-bond acceptors (Lipinski definition) is 5. The molecule has 94 valence electrons. The summed E-state index contributed by atoms with van der Waals surface area (Å²) in [6.07, 6.45) is 0. The van der Waals surface area contributed by atoms with Gasteiger partial charge in [-0.2, -0.15) is 0 Å². The Hall–Kier alpha value is -1.85. The minimum atomic E-state index is -0.392. The summed E-state index contributed by atoms with van der Waals surface area (Å²) in [7, 11) is 0. The van der Waals surface area contributed by atoms with Crippen molar-refractivity contribution in [2.75, 3.05) is 29.9 Å². The Balaban J connectivity index is 3.19. The van der Waals surface area contributed by atoms with Crippen LogP contribution in [0, 0.1) is 10.1 Å². The molecule has 1 rings (SSSR count). The van der Waals surface area contributed by atoms with Crippen LogP contribution in [0.3, 0.4) is 0 Å². The van der Waals surface area contributed by atoms with E-state index in [-0.39, 0.29) is 5.69 Å². The summed E-state index contributed by atoms with van der Waals surface area (Å²) in [6, 6.07) is 3.13. The van der Waals surface area contributed by atoms with Gasteiger partial charge in [0, 0.05) is 25.7 Å². The van der Waals surface area contributed by atoms with Crippen LogP contribution in [0.2, 0.25) is 0 Å². The molecule has 1 aromatic rings. The highest BCUT2D eigenvalue weighted by atomic mass is 16.6. The van der Waals surface area contributed by atoms with Crippen LogP contribution in [-0.4, -0.2) is 29.5 Å². The van der Waals surface area contributed by atoms with Gasteiger partial charge >= 0.3 is 5.69 Å². The predicted octanol–water partition coefficient (Wildman–Crippen LogP) is 2.27. The third kappa shape index (κ3) is 3.05. The summed E-state index contributed by atoms with van der Waals surface area (Å²) in [5, 5.41) is 14.0. The van der Waals surface area contributed by atoms with Gasteiger partial charge in [-0.3, -0.25) is 10.1 Å². The van der Waals surface area contributed by atoms with Crippen molar-refractivity contribution in [3.63, 3.8) is 0 Å². The second-order valence-electron chi connectivity index (χ2n) is 3.50. The standard InChI is InChI=1S/C11H18N4O2/c1-4-12-10-8-7-9(15(16)17)11(13-10)14(5-2)6-3/h7-8H,4-6H2,1-3H3,(H,12,13). The van der Waals surface area contributed by atoms with Crippen molar-refractivity contribution in [1.29, 1.82) is 0 Å². The first-order valence-electron chi connectivity index (χ1n) is 5.78. The first-order chi connectivity index (χ1) is 8.13. The highest BCUT2D eigenvalue weighted by molar-refractivity contribution is 5.61. The quantitative estimate of drug-likeness (QED) is 0.608. The highest BCUT2D eigenvalue weighted by Crippen LogP contribution is 2.27. The van der Waals surface area contributed by atoms with Crippen molar-refractivity contribution < 1.29 is 4.92 Å². The molecule has 0 fully saturated rings. The van der Waals surface area contributed by atoms with Crippen molar-refractivity contribution in [3.05, 3.63) is 22.2 Å². The van der Waals surface area contributed by atoms with Crippen molar-refractivity contribution in [2.24, 2.45) is 0 Å². The lowest BCUT2D eigenvalue weighted by Gasteiger charge is -2.20. The van der Waals surface area contributed by atoms with Gasteiger partial charge in [0.05, 0.1) is 4.92 Å². The van der Waals surface area contributed by atoms with Crippen molar-refractivity contribution in [3.8, 4) is 0 Å². The summed E-state index contributed by atoms with van der Waals surface area (Å²) < 4.78 is 0. The van der Waals surface area contributed by atoms with E-state index in [1.807, 2.05) is 25.7 Å². The lowest BCUT2D eigenvalue weighted by atomic mass is 10.3. The molecule has 17 heavy (non-hydrogen) atoms. The molecule has 0 atom stereocenters. The Bertz CT molecular complexity index is 391. The van der Waals surface area contributed by atoms with Gasteiger partial charge in [0.1, 0.15) is 5.82 Å². The molecule has 0 aliphatic carbocycles. The maximum Gasteiger partial charge on any atom is 0.311 e. The Labute approximate surface area is 101 Å². The number of pyridine rings is 1. The van der Waals surface area contributed by atoms with Crippen LogP contribution < -0.4 is 10.2 Å². The molecule has 0 radical (unpaired) electrons. The molecule has 1 N–H and O–H groups in total. The van der Waals surface area contributed by atoms with Gasteiger partial charge in [-0.05, 0) is 26.8 Å². The van der Waals surface area contributed by atoms with E-state index in [1.54, 1.807) is 6.07 Å². The molecular weight excluding hydrogens is 220 g/mol. The van der Waals surface area contributed by atoms with Crippen LogP contribution in [0.4, 0.5) is 17.3 Å². The minimum Gasteiger partial charge on any atom is -0.370 e. The largest absolute Gasteiger partial charge is 0.370 e. The van der Waals surface area contributed by atoms with Crippen molar-refractivity contribution in [1.82, 2.24) is 4.98 Å². The third-order valence-corrected chi connectivity index (χ3v) is 2.47. The molecule has 0 saturated heterocycles. The SMILES string of the molecule is CCNc1ccc([N+](=O)[O-])c(N(CC)CC)n1. The minimum absolute atomic E-state index is 0.0513. The maximum atomic E-state index is 10.9. The van der Waals surface area contributed by atoms with Gasteiger partial charge in [0.2, 0.25) is 5.82 Å². The van der Waals surface area contributed by atoms with E-state index in [9.17, 15) is 10.1 Å². The zero-order valence-electron chi connectivity index (χ0n) is 10.4. The molecule has 0 amide bonds. The van der Waals surface area contributed by atoms with Gasteiger partial charge in [-0.25, -0.2) is 4.98 Å². The lowest BCUT2D eigenvalue weighted by molar-refractivity contribution is -0.384. The Morgan fingerprint density at radius 1 is 1.35 bits per heavy atom. The fourth-order valence-electron chi connectivity index (χ4n) is 1.62. The maximum absolute atomic E-state index is 10.9. The molecule has 1 aromatic heterocycles. The molecule has 0 bridgehead atoms. The summed E-state index contributed by atoms with van der Waals surface area (Å²) in [5.41, 5.74) is 0.0513. The number of aromatic nitrogens is 1. The van der Waals surface area contributed by atoms with Crippen LogP contribution >= 0.6 is 0 Å². The van der Waals surface area contributed by atoms with Gasteiger partial charge in [0.25, 0.3) is 0 Å². The van der Waals surface area contributed by atoms with Crippen molar-refractivity contribution >= 4 is 17.3 Å². The molecule has 0 saturated carbocycles. The first-order valence-corrected chi connectivity index (χ1v) is 5.78. The molecule has 0 spiro atoms. The van der Waals surface area contributed by atoms with E-state index in [1.165, 1.54) is 6.07 Å². The summed E-state index contributed by atoms with van der Waals surface area (Å²) >= 11 is 0. The number of nitrogens with one attached hydrogen (secondary N) is 1. The van der Waals surface area contributed by atoms with E-state index in [0.29, 0.717) is 24.7 Å². The molecule has 0 unspecified atom stereocenters. The summed E-state index contributed by atoms with van der Waals surface area (Å²) in [4.78, 5) is 16.7. The average molecular weight is 238 g/mol. The van der Waals surface area contributed by atoms with Gasteiger partial charge in [-0.1, -0.05) is 0 Å². The molecule has 6 nitrogen and oxygen atoms in total. The number of rotatable bonds is 6. The molecule has 0 aliphatic heterocycles. The number of hydrogen-bond donors (Lipinski definition) is 1. The van der Waals surface area contributed by atoms with Crippen LogP contribution in [-0.2, 0) is 0 Å². The third-order valence-electron chi connectivity index (χ3n) is 2.47. The van der Waals surface area contributed by atoms with Crippen LogP contribution in [0.5, 0.6) is 0 Å². The molecule has 6 heteroatoms. The Kier molecular flexibility index (Phi) is 4.68. The normalized spacial score (nSPS) is 10.1. The topological polar surface area (TPSA) is 71.3 Å². The average Bonchev–Trinajstić information content (AvgIpc) is 2.31. The fraction of sp³-hybridized carbons (Fsp3) is 0.545. The summed E-state index contributed by atoms with van der Waals surface area (Å²) in [6.45, 7) is 7.99. The molecule has 0 aromatic carbocycles. The van der Waals surface area contributed by atoms with E-state index >= 15 is 0 Å². The number of nitro groups is 1. The van der Waals surface area contributed by atoms with Crippen LogP contribution in [0.1, 0.15) is 20.8 Å². The Morgan fingerprint density at radius 3 is 2.47 bits per heavy atom. The number of anilines is 2. The zero-order chi connectivity index (χ0) is 12.8. The van der Waals surface area contributed by atoms with Crippen LogP contribution in [0.15, 0.2) is 12.1 Å². The number of nitrogens with zero attached hydrogens (tertiary/aromatic N) is 3. The lowest BCUT2D eigenvalue weighted by Crippen LogP contribution is -2.24. The first kappa shape index (κ1) is 13.2. The Morgan fingerprint density at radius 2 is 2.00 bits per heavy atom. The molecule has 0 aliphatic rings. The zero-order valence-corrected chi connectivity index (χ0v) is 10.4. The predicted molar refractivity (Wildman–Crippen MR) is 68.6 cm³/mol. The van der Waals surface area contributed by atoms with Gasteiger partial charge in [-0.15, -0.1) is 0 Å². The van der Waals surface area contributed by atoms with Crippen molar-refractivity contribution in [2.45, 2.75) is 20.8 Å². The second kappa shape index (κ2) is 6.03. The second-order valence-corrected chi connectivity index (χ2v) is 3.50. The smallest absolute Gasteiger partial charge is 0.311 e. The van der Waals surface area contributed by atoms with Crippen LogP contribution in [0.25, 0.3) is 0 Å². The molecular formula is C11H18N4O2. The monoisotopic (exact) mass is 238 g/mol. The van der Waals surface area contributed by atoms with E-state index in [2.05, 4.69) is 10.3 Å².